The van der Waals surface area contributed by atoms with Gasteiger partial charge in [-0.25, -0.2) is 4.79 Å². The maximum atomic E-state index is 13.1. The maximum absolute atomic E-state index is 13.1. The molecule has 2 aliphatic heterocycles. The first kappa shape index (κ1) is 25.6. The number of rotatable bonds is 4. The zero-order valence-corrected chi connectivity index (χ0v) is 20.7. The molecule has 192 valence electrons. The Bertz CT molecular complexity index is 1200. The van der Waals surface area contributed by atoms with Crippen LogP contribution < -0.4 is 4.74 Å². The molecular weight excluding hydrogens is 473 g/mol. The molecule has 6 nitrogen and oxygen atoms in total. The van der Waals surface area contributed by atoms with Gasteiger partial charge in [0.1, 0.15) is 11.4 Å². The van der Waals surface area contributed by atoms with E-state index in [0.29, 0.717) is 37.2 Å². The van der Waals surface area contributed by atoms with Crippen molar-refractivity contribution < 1.29 is 32.2 Å². The van der Waals surface area contributed by atoms with Crippen LogP contribution in [0.1, 0.15) is 59.8 Å². The number of amides is 2. The first-order chi connectivity index (χ1) is 16.8. The number of halogens is 3. The molecule has 2 aromatic carbocycles. The number of nitrogens with zero attached hydrogens (tertiary/aromatic N) is 2. The topological polar surface area (TPSA) is 59.1 Å². The highest BCUT2D eigenvalue weighted by molar-refractivity contribution is 6.00. The average Bonchev–Trinajstić information content (AvgIpc) is 3.08. The predicted molar refractivity (Wildman–Crippen MR) is 128 cm³/mol. The number of aryl methyl sites for hydroxylation is 1. The van der Waals surface area contributed by atoms with Crippen molar-refractivity contribution in [2.75, 3.05) is 13.1 Å². The molecule has 0 saturated carbocycles. The van der Waals surface area contributed by atoms with E-state index in [2.05, 4.69) is 4.74 Å². The van der Waals surface area contributed by atoms with Gasteiger partial charge in [0.25, 0.3) is 5.91 Å². The molecule has 0 radical (unpaired) electrons. The van der Waals surface area contributed by atoms with E-state index in [-0.39, 0.29) is 24.3 Å². The zero-order valence-electron chi connectivity index (χ0n) is 20.7. The van der Waals surface area contributed by atoms with E-state index >= 15 is 0 Å². The molecular formula is C27H29F3N2O4. The summed E-state index contributed by atoms with van der Waals surface area (Å²) in [4.78, 5) is 28.8. The van der Waals surface area contributed by atoms with Crippen LogP contribution >= 0.6 is 0 Å². The molecule has 0 fully saturated rings. The third-order valence-corrected chi connectivity index (χ3v) is 6.04. The van der Waals surface area contributed by atoms with Crippen molar-refractivity contribution in [3.8, 4) is 5.75 Å². The summed E-state index contributed by atoms with van der Waals surface area (Å²) in [5, 5.41) is 0. The molecule has 0 atom stereocenters. The summed E-state index contributed by atoms with van der Waals surface area (Å²) in [5.41, 5.74) is 4.77. The van der Waals surface area contributed by atoms with Crippen LogP contribution in [0.5, 0.6) is 5.75 Å². The average molecular weight is 503 g/mol. The molecule has 0 unspecified atom stereocenters. The minimum Gasteiger partial charge on any atom is -0.444 e. The number of fused-ring (bicyclic) bond motifs is 1. The van der Waals surface area contributed by atoms with Crippen molar-refractivity contribution in [3.63, 3.8) is 0 Å². The van der Waals surface area contributed by atoms with Gasteiger partial charge in [-0.1, -0.05) is 24.3 Å². The molecule has 2 aromatic rings. The number of alkyl halides is 3. The SMILES string of the molecule is Cc1cc(C2=CCN(C(=O)OC(C)(C)C)CC2)cc2c1C(=O)N(Cc1ccc(OC(F)(F)F)cc1)C2. The number of carbonyl (C=O) groups is 2. The quantitative estimate of drug-likeness (QED) is 0.509. The van der Waals surface area contributed by atoms with Gasteiger partial charge >= 0.3 is 12.5 Å². The number of carbonyl (C=O) groups excluding carboxylic acids is 2. The number of benzene rings is 2. The standard InChI is InChI=1S/C27H29F3N2O4/c1-17-13-20(19-9-11-31(12-10-19)25(34)36-26(2,3)4)14-21-16-32(24(33)23(17)21)15-18-5-7-22(8-6-18)35-27(28,29)30/h5-9,13-14H,10-12,15-16H2,1-4H3. The molecule has 0 aliphatic carbocycles. The molecule has 4 rings (SSSR count). The maximum Gasteiger partial charge on any atom is 0.573 e. The summed E-state index contributed by atoms with van der Waals surface area (Å²) < 4.78 is 46.5. The third kappa shape index (κ3) is 6.01. The third-order valence-electron chi connectivity index (χ3n) is 6.04. The minimum absolute atomic E-state index is 0.0987. The summed E-state index contributed by atoms with van der Waals surface area (Å²) >= 11 is 0. The second-order valence-electron chi connectivity index (χ2n) is 10.1. The first-order valence-corrected chi connectivity index (χ1v) is 11.7. The van der Waals surface area contributed by atoms with Crippen molar-refractivity contribution in [2.45, 2.75) is 59.2 Å². The summed E-state index contributed by atoms with van der Waals surface area (Å²) in [6, 6.07) is 9.57. The van der Waals surface area contributed by atoms with Crippen molar-refractivity contribution in [2.24, 2.45) is 0 Å². The van der Waals surface area contributed by atoms with Gasteiger partial charge in [0.2, 0.25) is 0 Å². The Morgan fingerprint density at radius 3 is 2.36 bits per heavy atom. The van der Waals surface area contributed by atoms with Crippen LogP contribution in [-0.4, -0.2) is 46.9 Å². The summed E-state index contributed by atoms with van der Waals surface area (Å²) in [6.45, 7) is 9.13. The Labute approximate surface area is 208 Å². The largest absolute Gasteiger partial charge is 0.573 e. The fourth-order valence-corrected chi connectivity index (χ4v) is 4.48. The van der Waals surface area contributed by atoms with E-state index in [1.54, 1.807) is 9.80 Å². The Hall–Kier alpha value is -3.49. The molecule has 0 spiro atoms. The molecule has 0 N–H and O–H groups in total. The van der Waals surface area contributed by atoms with Gasteiger partial charge in [-0.15, -0.1) is 13.2 Å². The van der Waals surface area contributed by atoms with Crippen molar-refractivity contribution in [1.29, 1.82) is 0 Å². The van der Waals surface area contributed by atoms with Crippen LogP contribution in [0.25, 0.3) is 5.57 Å². The number of hydrogen-bond donors (Lipinski definition) is 0. The number of hydrogen-bond acceptors (Lipinski definition) is 4. The molecule has 36 heavy (non-hydrogen) atoms. The van der Waals surface area contributed by atoms with Gasteiger partial charge in [-0.3, -0.25) is 4.79 Å². The van der Waals surface area contributed by atoms with E-state index in [1.165, 1.54) is 24.3 Å². The second kappa shape index (κ2) is 9.52. The fraction of sp³-hybridized carbons (Fsp3) is 0.407. The first-order valence-electron chi connectivity index (χ1n) is 11.7. The van der Waals surface area contributed by atoms with Gasteiger partial charge < -0.3 is 19.3 Å². The van der Waals surface area contributed by atoms with E-state index in [1.807, 2.05) is 45.9 Å². The van der Waals surface area contributed by atoms with Gasteiger partial charge in [0, 0.05) is 31.7 Å². The van der Waals surface area contributed by atoms with Crippen LogP contribution in [0.2, 0.25) is 0 Å². The summed E-state index contributed by atoms with van der Waals surface area (Å²) in [6.07, 6.45) is -2.37. The van der Waals surface area contributed by atoms with E-state index < -0.39 is 12.0 Å². The monoisotopic (exact) mass is 502 g/mol. The van der Waals surface area contributed by atoms with Gasteiger partial charge in [0.05, 0.1) is 0 Å². The molecule has 0 aromatic heterocycles. The molecule has 2 aliphatic rings. The zero-order chi connectivity index (χ0) is 26.3. The van der Waals surface area contributed by atoms with Crippen LogP contribution in [-0.2, 0) is 17.8 Å². The van der Waals surface area contributed by atoms with Gasteiger partial charge in [-0.05, 0) is 80.1 Å². The minimum atomic E-state index is -4.74. The lowest BCUT2D eigenvalue weighted by molar-refractivity contribution is -0.274. The lowest BCUT2D eigenvalue weighted by Crippen LogP contribution is -2.39. The van der Waals surface area contributed by atoms with Gasteiger partial charge in [0.15, 0.2) is 0 Å². The van der Waals surface area contributed by atoms with Crippen LogP contribution in [0.3, 0.4) is 0 Å². The second-order valence-corrected chi connectivity index (χ2v) is 10.1. The van der Waals surface area contributed by atoms with E-state index in [4.69, 9.17) is 4.74 Å². The highest BCUT2D eigenvalue weighted by Crippen LogP contribution is 2.33. The van der Waals surface area contributed by atoms with Crippen LogP contribution in [0, 0.1) is 6.92 Å². The number of ether oxygens (including phenoxy) is 2. The Morgan fingerprint density at radius 1 is 1.08 bits per heavy atom. The Morgan fingerprint density at radius 2 is 1.78 bits per heavy atom. The van der Waals surface area contributed by atoms with E-state index in [9.17, 15) is 22.8 Å². The van der Waals surface area contributed by atoms with Crippen molar-refractivity contribution in [1.82, 2.24) is 9.80 Å². The van der Waals surface area contributed by atoms with Crippen molar-refractivity contribution >= 4 is 17.6 Å². The Kier molecular flexibility index (Phi) is 6.77. The molecule has 0 saturated heterocycles. The molecule has 2 amide bonds. The molecule has 0 bridgehead atoms. The highest BCUT2D eigenvalue weighted by Gasteiger charge is 2.32. The predicted octanol–water partition coefficient (Wildman–Crippen LogP) is 6.07. The molecule has 2 heterocycles. The van der Waals surface area contributed by atoms with Crippen LogP contribution in [0.15, 0.2) is 42.5 Å². The summed E-state index contributed by atoms with van der Waals surface area (Å²) in [5.74, 6) is -0.396. The molecule has 9 heteroatoms. The Balaban J connectivity index is 1.44. The normalized spacial score (nSPS) is 16.1. The van der Waals surface area contributed by atoms with E-state index in [0.717, 1.165) is 22.3 Å². The van der Waals surface area contributed by atoms with Gasteiger partial charge in [-0.2, -0.15) is 0 Å². The van der Waals surface area contributed by atoms with Crippen LogP contribution in [0.4, 0.5) is 18.0 Å². The fourth-order valence-electron chi connectivity index (χ4n) is 4.48. The highest BCUT2D eigenvalue weighted by atomic mass is 19.4. The van der Waals surface area contributed by atoms with Crippen molar-refractivity contribution in [3.05, 3.63) is 70.3 Å². The lowest BCUT2D eigenvalue weighted by atomic mass is 9.93. The smallest absolute Gasteiger partial charge is 0.444 e. The summed E-state index contributed by atoms with van der Waals surface area (Å²) in [7, 11) is 0. The lowest BCUT2D eigenvalue weighted by Gasteiger charge is -2.29.